The van der Waals surface area contributed by atoms with Gasteiger partial charge in [-0.2, -0.15) is 0 Å². The molecule has 1 aromatic carbocycles. The molecule has 0 amide bonds. The predicted molar refractivity (Wildman–Crippen MR) is 85.9 cm³/mol. The van der Waals surface area contributed by atoms with E-state index in [4.69, 9.17) is 0 Å². The van der Waals surface area contributed by atoms with Crippen LogP contribution in [0, 0.1) is 10.1 Å². The van der Waals surface area contributed by atoms with Gasteiger partial charge < -0.3 is 16.0 Å². The average molecular weight is 293 g/mol. The maximum atomic E-state index is 10.9. The highest BCUT2D eigenvalue weighted by Crippen LogP contribution is 2.22. The minimum atomic E-state index is -0.388. The van der Waals surface area contributed by atoms with Gasteiger partial charge in [-0.15, -0.1) is 0 Å². The minimum Gasteiger partial charge on any atom is -0.378 e. The number of hydrogen-bond donors (Lipinski definition) is 3. The smallest absolute Gasteiger partial charge is 0.292 e. The fourth-order valence-electron chi connectivity index (χ4n) is 1.76. The average Bonchev–Trinajstić information content (AvgIpc) is 2.50. The summed E-state index contributed by atoms with van der Waals surface area (Å²) >= 11 is 0. The predicted octanol–water partition coefficient (Wildman–Crippen LogP) is 1.97. The molecule has 0 atom stereocenters. The number of benzene rings is 1. The van der Waals surface area contributed by atoms with E-state index in [-0.39, 0.29) is 10.6 Å². The maximum Gasteiger partial charge on any atom is 0.292 e. The maximum absolute atomic E-state index is 10.9. The van der Waals surface area contributed by atoms with Crippen LogP contribution in [0.2, 0.25) is 0 Å². The van der Waals surface area contributed by atoms with Crippen molar-refractivity contribution in [1.29, 1.82) is 0 Å². The molecule has 7 heteroatoms. The van der Waals surface area contributed by atoms with Crippen LogP contribution >= 0.6 is 0 Å². The van der Waals surface area contributed by atoms with Crippen molar-refractivity contribution >= 4 is 17.3 Å². The van der Waals surface area contributed by atoms with Crippen molar-refractivity contribution in [3.05, 3.63) is 34.4 Å². The van der Waals surface area contributed by atoms with Gasteiger partial charge in [0.25, 0.3) is 5.69 Å². The van der Waals surface area contributed by atoms with E-state index in [9.17, 15) is 10.1 Å². The van der Waals surface area contributed by atoms with Crippen LogP contribution in [0.5, 0.6) is 0 Å². The van der Waals surface area contributed by atoms with Gasteiger partial charge in [-0.05, 0) is 12.5 Å². The lowest BCUT2D eigenvalue weighted by molar-refractivity contribution is -0.384. The molecule has 1 aromatic rings. The Bertz CT molecular complexity index is 476. The molecule has 0 saturated carbocycles. The molecule has 0 aliphatic carbocycles. The quantitative estimate of drug-likeness (QED) is 0.224. The van der Waals surface area contributed by atoms with E-state index >= 15 is 0 Å². The molecule has 3 N–H and O–H groups in total. The molecule has 0 spiro atoms. The molecule has 0 heterocycles. The Kier molecular flexibility index (Phi) is 7.63. The first-order valence-corrected chi connectivity index (χ1v) is 7.10. The van der Waals surface area contributed by atoms with Crippen molar-refractivity contribution in [2.24, 2.45) is 4.99 Å². The van der Waals surface area contributed by atoms with Crippen molar-refractivity contribution in [2.45, 2.75) is 19.8 Å². The lowest BCUT2D eigenvalue weighted by Crippen LogP contribution is -2.39. The van der Waals surface area contributed by atoms with E-state index in [0.29, 0.717) is 18.8 Å². The Balaban J connectivity index is 2.35. The molecule has 21 heavy (non-hydrogen) atoms. The van der Waals surface area contributed by atoms with Crippen LogP contribution in [0.25, 0.3) is 0 Å². The van der Waals surface area contributed by atoms with E-state index in [1.165, 1.54) is 6.07 Å². The Morgan fingerprint density at radius 1 is 1.24 bits per heavy atom. The Morgan fingerprint density at radius 2 is 1.95 bits per heavy atom. The third kappa shape index (κ3) is 6.11. The highest BCUT2D eigenvalue weighted by atomic mass is 16.6. The van der Waals surface area contributed by atoms with Gasteiger partial charge in [-0.1, -0.05) is 25.5 Å². The molecule has 1 rings (SSSR count). The zero-order valence-electron chi connectivity index (χ0n) is 12.6. The lowest BCUT2D eigenvalue weighted by atomic mass is 10.2. The van der Waals surface area contributed by atoms with Gasteiger partial charge in [0.1, 0.15) is 5.69 Å². The monoisotopic (exact) mass is 293 g/mol. The van der Waals surface area contributed by atoms with Gasteiger partial charge in [-0.3, -0.25) is 15.1 Å². The van der Waals surface area contributed by atoms with Crippen molar-refractivity contribution in [3.63, 3.8) is 0 Å². The van der Waals surface area contributed by atoms with Gasteiger partial charge in [0.15, 0.2) is 5.96 Å². The molecule has 0 saturated heterocycles. The standard InChI is InChI=1S/C14H23N5O2/c1-3-4-9-17-14(15-2)18-11-10-16-12-7-5-6-8-13(12)19(20)21/h5-8,16H,3-4,9-11H2,1-2H3,(H2,15,17,18). The van der Waals surface area contributed by atoms with E-state index in [0.717, 1.165) is 25.3 Å². The number of hydrogen-bond acceptors (Lipinski definition) is 4. The van der Waals surface area contributed by atoms with Gasteiger partial charge >= 0.3 is 0 Å². The number of aliphatic imine (C=N–C) groups is 1. The first-order chi connectivity index (χ1) is 10.2. The summed E-state index contributed by atoms with van der Waals surface area (Å²) in [7, 11) is 1.72. The van der Waals surface area contributed by atoms with E-state index in [1.54, 1.807) is 25.2 Å². The molecular weight excluding hydrogens is 270 g/mol. The summed E-state index contributed by atoms with van der Waals surface area (Å²) in [5.74, 6) is 0.743. The minimum absolute atomic E-state index is 0.0861. The van der Waals surface area contributed by atoms with Crippen LogP contribution in [-0.4, -0.2) is 37.6 Å². The molecule has 116 valence electrons. The molecule has 0 unspecified atom stereocenters. The van der Waals surface area contributed by atoms with E-state index in [2.05, 4.69) is 27.9 Å². The first-order valence-electron chi connectivity index (χ1n) is 7.10. The van der Waals surface area contributed by atoms with E-state index < -0.39 is 0 Å². The first kappa shape index (κ1) is 16.7. The third-order valence-electron chi connectivity index (χ3n) is 2.88. The fourth-order valence-corrected chi connectivity index (χ4v) is 1.76. The number of anilines is 1. The van der Waals surface area contributed by atoms with Gasteiger partial charge in [0.05, 0.1) is 4.92 Å². The largest absolute Gasteiger partial charge is 0.378 e. The second-order valence-electron chi connectivity index (χ2n) is 4.48. The number of unbranched alkanes of at least 4 members (excludes halogenated alkanes) is 1. The Labute approximate surface area is 125 Å². The summed E-state index contributed by atoms with van der Waals surface area (Å²) in [5, 5.41) is 20.3. The van der Waals surface area contributed by atoms with Crippen molar-refractivity contribution < 1.29 is 4.92 Å². The summed E-state index contributed by atoms with van der Waals surface area (Å²) in [6.45, 7) is 4.21. The molecular formula is C14H23N5O2. The number of nitrogens with one attached hydrogen (secondary N) is 3. The van der Waals surface area contributed by atoms with Gasteiger partial charge in [-0.25, -0.2) is 0 Å². The Hall–Kier alpha value is -2.31. The SMILES string of the molecule is CCCCNC(=NC)NCCNc1ccccc1[N+](=O)[O-]. The zero-order valence-corrected chi connectivity index (χ0v) is 12.6. The van der Waals surface area contributed by atoms with E-state index in [1.807, 2.05) is 0 Å². The van der Waals surface area contributed by atoms with Crippen LogP contribution in [0.15, 0.2) is 29.3 Å². The number of guanidine groups is 1. The number of nitro groups is 1. The van der Waals surface area contributed by atoms with Crippen molar-refractivity contribution in [1.82, 2.24) is 10.6 Å². The normalized spacial score (nSPS) is 11.0. The number of nitro benzene ring substituents is 1. The summed E-state index contributed by atoms with van der Waals surface area (Å²) in [4.78, 5) is 14.6. The van der Waals surface area contributed by atoms with Crippen molar-refractivity contribution in [3.8, 4) is 0 Å². The molecule has 0 radical (unpaired) electrons. The summed E-state index contributed by atoms with van der Waals surface area (Å²) in [5.41, 5.74) is 0.612. The van der Waals surface area contributed by atoms with Crippen LogP contribution in [0.1, 0.15) is 19.8 Å². The van der Waals surface area contributed by atoms with Crippen LogP contribution in [-0.2, 0) is 0 Å². The van der Waals surface area contributed by atoms with Gasteiger partial charge in [0.2, 0.25) is 0 Å². The van der Waals surface area contributed by atoms with Crippen LogP contribution in [0.3, 0.4) is 0 Å². The van der Waals surface area contributed by atoms with Crippen LogP contribution < -0.4 is 16.0 Å². The van der Waals surface area contributed by atoms with Crippen molar-refractivity contribution in [2.75, 3.05) is 32.0 Å². The summed E-state index contributed by atoms with van der Waals surface area (Å²) in [6.07, 6.45) is 2.22. The highest BCUT2D eigenvalue weighted by molar-refractivity contribution is 5.79. The number of para-hydroxylation sites is 2. The Morgan fingerprint density at radius 3 is 2.62 bits per heavy atom. The zero-order chi connectivity index (χ0) is 15.5. The lowest BCUT2D eigenvalue weighted by Gasteiger charge is -2.12. The van der Waals surface area contributed by atoms with Crippen LogP contribution in [0.4, 0.5) is 11.4 Å². The molecule has 0 aliphatic rings. The highest BCUT2D eigenvalue weighted by Gasteiger charge is 2.11. The topological polar surface area (TPSA) is 91.6 Å². The summed E-state index contributed by atoms with van der Waals surface area (Å²) in [6, 6.07) is 6.61. The molecule has 0 bridgehead atoms. The molecule has 0 aliphatic heterocycles. The second kappa shape index (κ2) is 9.57. The third-order valence-corrected chi connectivity index (χ3v) is 2.88. The molecule has 7 nitrogen and oxygen atoms in total. The number of nitrogens with zero attached hydrogens (tertiary/aromatic N) is 2. The van der Waals surface area contributed by atoms with Gasteiger partial charge in [0, 0.05) is 32.7 Å². The fraction of sp³-hybridized carbons (Fsp3) is 0.500. The number of rotatable bonds is 8. The summed E-state index contributed by atoms with van der Waals surface area (Å²) < 4.78 is 0. The molecule has 0 aromatic heterocycles. The molecule has 0 fully saturated rings. The second-order valence-corrected chi connectivity index (χ2v) is 4.48.